The first-order chi connectivity index (χ1) is 8.73. The van der Waals surface area contributed by atoms with Crippen molar-refractivity contribution in [2.24, 2.45) is 11.3 Å². The number of aromatic nitrogens is 2. The Morgan fingerprint density at radius 1 is 1.50 bits per heavy atom. The number of hydrogen-bond acceptors (Lipinski definition) is 5. The maximum Gasteiger partial charge on any atom is 0.229 e. The van der Waals surface area contributed by atoms with Gasteiger partial charge in [0.05, 0.1) is 0 Å². The third-order valence-electron chi connectivity index (χ3n) is 4.10. The fourth-order valence-corrected chi connectivity index (χ4v) is 3.52. The van der Waals surface area contributed by atoms with Crippen LogP contribution in [0.2, 0.25) is 0 Å². The van der Waals surface area contributed by atoms with Crippen LogP contribution in [0.1, 0.15) is 31.2 Å². The minimum Gasteiger partial charge on any atom is -0.317 e. The predicted molar refractivity (Wildman–Crippen MR) is 70.6 cm³/mol. The second kappa shape index (κ2) is 4.59. The quantitative estimate of drug-likeness (QED) is 0.868. The number of rotatable bonds is 3. The van der Waals surface area contributed by atoms with Crippen LogP contribution in [0.3, 0.4) is 0 Å². The van der Waals surface area contributed by atoms with E-state index in [1.807, 2.05) is 6.92 Å². The van der Waals surface area contributed by atoms with Crippen molar-refractivity contribution in [3.8, 4) is 0 Å². The van der Waals surface area contributed by atoms with E-state index in [0.717, 1.165) is 43.8 Å². The van der Waals surface area contributed by atoms with Crippen LogP contribution in [0.15, 0.2) is 0 Å². The fourth-order valence-electron chi connectivity index (χ4n) is 2.84. The molecule has 1 saturated carbocycles. The SMILES string of the molecule is CCc1nnc(NC(=O)[C@@H]2CC23CCNCC3)s1. The molecular weight excluding hydrogens is 248 g/mol. The Morgan fingerprint density at radius 2 is 2.28 bits per heavy atom. The normalized spacial score (nSPS) is 25.1. The Kier molecular flexibility index (Phi) is 3.07. The van der Waals surface area contributed by atoms with Crippen molar-refractivity contribution in [3.05, 3.63) is 5.01 Å². The van der Waals surface area contributed by atoms with Crippen LogP contribution in [0.25, 0.3) is 0 Å². The van der Waals surface area contributed by atoms with Gasteiger partial charge in [-0.25, -0.2) is 0 Å². The van der Waals surface area contributed by atoms with Crippen LogP contribution in [-0.4, -0.2) is 29.2 Å². The summed E-state index contributed by atoms with van der Waals surface area (Å²) in [6.07, 6.45) is 4.16. The number of piperidine rings is 1. The number of nitrogens with zero attached hydrogens (tertiary/aromatic N) is 2. The number of nitrogens with one attached hydrogen (secondary N) is 2. The second-order valence-electron chi connectivity index (χ2n) is 5.21. The highest BCUT2D eigenvalue weighted by atomic mass is 32.1. The molecule has 1 aromatic rings. The molecule has 1 saturated heterocycles. The summed E-state index contributed by atoms with van der Waals surface area (Å²) in [6, 6.07) is 0. The minimum atomic E-state index is 0.135. The van der Waals surface area contributed by atoms with Crippen LogP contribution in [0, 0.1) is 11.3 Å². The molecule has 1 atom stereocenters. The first-order valence-corrected chi connectivity index (χ1v) is 7.39. The van der Waals surface area contributed by atoms with Crippen LogP contribution >= 0.6 is 11.3 Å². The van der Waals surface area contributed by atoms with Crippen molar-refractivity contribution >= 4 is 22.4 Å². The van der Waals surface area contributed by atoms with E-state index in [-0.39, 0.29) is 17.2 Å². The van der Waals surface area contributed by atoms with Gasteiger partial charge in [-0.3, -0.25) is 4.79 Å². The van der Waals surface area contributed by atoms with Gasteiger partial charge in [-0.1, -0.05) is 18.3 Å². The van der Waals surface area contributed by atoms with Crippen LogP contribution in [-0.2, 0) is 11.2 Å². The van der Waals surface area contributed by atoms with Crippen molar-refractivity contribution in [3.63, 3.8) is 0 Å². The molecule has 0 radical (unpaired) electrons. The summed E-state index contributed by atoms with van der Waals surface area (Å²) < 4.78 is 0. The van der Waals surface area contributed by atoms with Crippen molar-refractivity contribution < 1.29 is 4.79 Å². The maximum atomic E-state index is 12.2. The summed E-state index contributed by atoms with van der Waals surface area (Å²) in [7, 11) is 0. The van der Waals surface area contributed by atoms with Gasteiger partial charge in [0.2, 0.25) is 11.0 Å². The third kappa shape index (κ3) is 2.14. The molecule has 98 valence electrons. The molecule has 0 aromatic carbocycles. The molecule has 0 unspecified atom stereocenters. The Labute approximate surface area is 110 Å². The summed E-state index contributed by atoms with van der Waals surface area (Å²) >= 11 is 1.47. The van der Waals surface area contributed by atoms with E-state index in [9.17, 15) is 4.79 Å². The third-order valence-corrected chi connectivity index (χ3v) is 5.09. The predicted octanol–water partition coefficient (Wildman–Crippen LogP) is 1.43. The number of aryl methyl sites for hydroxylation is 1. The highest BCUT2D eigenvalue weighted by Gasteiger charge is 2.57. The monoisotopic (exact) mass is 266 g/mol. The van der Waals surface area contributed by atoms with Crippen molar-refractivity contribution in [2.45, 2.75) is 32.6 Å². The van der Waals surface area contributed by atoms with Gasteiger partial charge in [-0.05, 0) is 44.2 Å². The zero-order chi connectivity index (χ0) is 12.6. The van der Waals surface area contributed by atoms with Gasteiger partial charge in [-0.2, -0.15) is 0 Å². The number of carbonyl (C=O) groups is 1. The van der Waals surface area contributed by atoms with Crippen LogP contribution < -0.4 is 10.6 Å². The van der Waals surface area contributed by atoms with E-state index in [1.54, 1.807) is 0 Å². The van der Waals surface area contributed by atoms with E-state index in [4.69, 9.17) is 0 Å². The Balaban J connectivity index is 1.59. The van der Waals surface area contributed by atoms with Gasteiger partial charge >= 0.3 is 0 Å². The lowest BCUT2D eigenvalue weighted by atomic mass is 9.92. The summed E-state index contributed by atoms with van der Waals surface area (Å²) in [6.45, 7) is 4.13. The molecule has 6 heteroatoms. The molecule has 2 fully saturated rings. The zero-order valence-corrected chi connectivity index (χ0v) is 11.3. The molecule has 5 nitrogen and oxygen atoms in total. The molecule has 0 bridgehead atoms. The van der Waals surface area contributed by atoms with Gasteiger partial charge in [0, 0.05) is 5.92 Å². The second-order valence-corrected chi connectivity index (χ2v) is 6.27. The molecule has 1 aromatic heterocycles. The average Bonchev–Trinajstić information content (AvgIpc) is 2.88. The molecule has 3 rings (SSSR count). The van der Waals surface area contributed by atoms with Crippen molar-refractivity contribution in [2.75, 3.05) is 18.4 Å². The Bertz CT molecular complexity index is 453. The van der Waals surface area contributed by atoms with Gasteiger partial charge in [0.1, 0.15) is 5.01 Å². The molecule has 2 N–H and O–H groups in total. The highest BCUT2D eigenvalue weighted by Crippen LogP contribution is 2.58. The van der Waals surface area contributed by atoms with E-state index in [0.29, 0.717) is 5.13 Å². The molecule has 1 amide bonds. The van der Waals surface area contributed by atoms with Gasteiger partial charge in [0.15, 0.2) is 0 Å². The number of carbonyl (C=O) groups excluding carboxylic acids is 1. The molecule has 18 heavy (non-hydrogen) atoms. The fraction of sp³-hybridized carbons (Fsp3) is 0.750. The molecule has 2 heterocycles. The standard InChI is InChI=1S/C12H18N4OS/c1-2-9-15-16-11(18-9)14-10(17)8-7-12(8)3-5-13-6-4-12/h8,13H,2-7H2,1H3,(H,14,16,17)/t8-/m0/s1. The highest BCUT2D eigenvalue weighted by molar-refractivity contribution is 7.15. The summed E-state index contributed by atoms with van der Waals surface area (Å²) in [5, 5.41) is 15.9. The molecular formula is C12H18N4OS. The first kappa shape index (κ1) is 12.0. The summed E-state index contributed by atoms with van der Waals surface area (Å²) in [5.41, 5.74) is 0.285. The topological polar surface area (TPSA) is 66.9 Å². The zero-order valence-electron chi connectivity index (χ0n) is 10.5. The lowest BCUT2D eigenvalue weighted by molar-refractivity contribution is -0.118. The van der Waals surface area contributed by atoms with Crippen molar-refractivity contribution in [1.29, 1.82) is 0 Å². The van der Waals surface area contributed by atoms with Gasteiger partial charge in [-0.15, -0.1) is 10.2 Å². The molecule has 1 aliphatic heterocycles. The molecule has 1 spiro atoms. The van der Waals surface area contributed by atoms with Gasteiger partial charge < -0.3 is 10.6 Å². The molecule has 1 aliphatic carbocycles. The summed E-state index contributed by atoms with van der Waals surface area (Å²) in [5.74, 6) is 0.323. The lowest BCUT2D eigenvalue weighted by Crippen LogP contribution is -2.31. The smallest absolute Gasteiger partial charge is 0.229 e. The number of amides is 1. The largest absolute Gasteiger partial charge is 0.317 e. The lowest BCUT2D eigenvalue weighted by Gasteiger charge is -2.22. The number of hydrogen-bond donors (Lipinski definition) is 2. The maximum absolute atomic E-state index is 12.2. The van der Waals surface area contributed by atoms with Crippen LogP contribution in [0.5, 0.6) is 0 Å². The van der Waals surface area contributed by atoms with Crippen molar-refractivity contribution in [1.82, 2.24) is 15.5 Å². The van der Waals surface area contributed by atoms with E-state index in [1.165, 1.54) is 11.3 Å². The van der Waals surface area contributed by atoms with E-state index in [2.05, 4.69) is 20.8 Å². The number of anilines is 1. The summed E-state index contributed by atoms with van der Waals surface area (Å²) in [4.78, 5) is 12.2. The van der Waals surface area contributed by atoms with E-state index >= 15 is 0 Å². The minimum absolute atomic E-state index is 0.135. The average molecular weight is 266 g/mol. The van der Waals surface area contributed by atoms with E-state index < -0.39 is 0 Å². The molecule has 2 aliphatic rings. The van der Waals surface area contributed by atoms with Crippen LogP contribution in [0.4, 0.5) is 5.13 Å². The van der Waals surface area contributed by atoms with Gasteiger partial charge in [0.25, 0.3) is 0 Å². The Morgan fingerprint density at radius 3 is 2.94 bits per heavy atom. The Hall–Kier alpha value is -1.01. The first-order valence-electron chi connectivity index (χ1n) is 6.57.